The predicted octanol–water partition coefficient (Wildman–Crippen LogP) is 4.45. The number of thiazole rings is 1. The summed E-state index contributed by atoms with van der Waals surface area (Å²) in [6.07, 6.45) is 1.79. The van der Waals surface area contributed by atoms with Crippen LogP contribution in [0.15, 0.2) is 72.9 Å². The van der Waals surface area contributed by atoms with Gasteiger partial charge in [-0.1, -0.05) is 29.5 Å². The summed E-state index contributed by atoms with van der Waals surface area (Å²) >= 11 is 1.60. The van der Waals surface area contributed by atoms with Crippen LogP contribution in [0, 0.1) is 0 Å². The van der Waals surface area contributed by atoms with Crippen molar-refractivity contribution in [2.45, 2.75) is 0 Å². The first-order chi connectivity index (χ1) is 14.8. The fourth-order valence-electron chi connectivity index (χ4n) is 3.47. The number of hydrogen-bond acceptors (Lipinski definition) is 6. The number of carbonyl (C=O) groups excluding carboxylic acids is 1. The lowest BCUT2D eigenvalue weighted by Gasteiger charge is -2.34. The molecular weight excluding hydrogens is 396 g/mol. The Hall–Kier alpha value is -3.45. The third-order valence-electron chi connectivity index (χ3n) is 5.07. The van der Waals surface area contributed by atoms with E-state index in [0.29, 0.717) is 24.4 Å². The molecule has 4 aromatic rings. The highest BCUT2D eigenvalue weighted by Gasteiger charge is 2.24. The van der Waals surface area contributed by atoms with Gasteiger partial charge >= 0.3 is 0 Å². The van der Waals surface area contributed by atoms with E-state index in [9.17, 15) is 4.79 Å². The number of carbonyl (C=O) groups is 1. The van der Waals surface area contributed by atoms with E-state index in [2.05, 4.69) is 14.9 Å². The van der Waals surface area contributed by atoms with Gasteiger partial charge in [0.1, 0.15) is 21.8 Å². The second kappa shape index (κ2) is 8.12. The summed E-state index contributed by atoms with van der Waals surface area (Å²) in [5.74, 6) is 1.54. The molecule has 0 unspecified atom stereocenters. The molecule has 1 amide bonds. The van der Waals surface area contributed by atoms with Crippen LogP contribution in [0.1, 0.15) is 10.4 Å². The number of benzene rings is 2. The summed E-state index contributed by atoms with van der Waals surface area (Å²) in [5, 5.41) is 0.971. The number of anilines is 1. The van der Waals surface area contributed by atoms with Crippen LogP contribution in [0.25, 0.3) is 10.3 Å². The van der Waals surface area contributed by atoms with Crippen molar-refractivity contribution in [2.24, 2.45) is 0 Å². The number of nitrogens with zero attached hydrogens (tertiary/aromatic N) is 4. The monoisotopic (exact) mass is 416 g/mol. The van der Waals surface area contributed by atoms with Crippen LogP contribution >= 0.6 is 11.3 Å². The minimum Gasteiger partial charge on any atom is -0.457 e. The Morgan fingerprint density at radius 3 is 2.33 bits per heavy atom. The average molecular weight is 417 g/mol. The lowest BCUT2D eigenvalue weighted by molar-refractivity contribution is 0.0747. The summed E-state index contributed by atoms with van der Waals surface area (Å²) in [6.45, 7) is 2.87. The smallest absolute Gasteiger partial charge is 0.253 e. The molecular formula is C23H20N4O2S. The van der Waals surface area contributed by atoms with Crippen LogP contribution in [0.4, 0.5) is 5.13 Å². The molecule has 0 aliphatic carbocycles. The molecule has 2 aromatic heterocycles. The molecule has 0 spiro atoms. The van der Waals surface area contributed by atoms with Crippen molar-refractivity contribution < 1.29 is 9.53 Å². The molecule has 3 heterocycles. The van der Waals surface area contributed by atoms with Crippen molar-refractivity contribution >= 4 is 32.7 Å². The standard InChI is InChI=1S/C23H20N4O2S/c28-22(17-8-10-19(11-9-17)29-18-5-2-1-3-6-18)26-13-15-27(16-14-26)23-25-20-7-4-12-24-21(20)30-23/h1-12H,13-16H2. The molecule has 0 radical (unpaired) electrons. The number of aromatic nitrogens is 2. The molecule has 2 aromatic carbocycles. The maximum atomic E-state index is 12.9. The molecule has 0 atom stereocenters. The van der Waals surface area contributed by atoms with Crippen molar-refractivity contribution in [3.8, 4) is 11.5 Å². The molecule has 0 N–H and O–H groups in total. The average Bonchev–Trinajstić information content (AvgIpc) is 3.24. The predicted molar refractivity (Wildman–Crippen MR) is 118 cm³/mol. The lowest BCUT2D eigenvalue weighted by Crippen LogP contribution is -2.48. The van der Waals surface area contributed by atoms with Gasteiger partial charge in [-0.3, -0.25) is 4.79 Å². The third kappa shape index (κ3) is 3.84. The van der Waals surface area contributed by atoms with Gasteiger partial charge in [-0.05, 0) is 48.5 Å². The number of hydrogen-bond donors (Lipinski definition) is 0. The summed E-state index contributed by atoms with van der Waals surface area (Å²) in [4.78, 5) is 27.0. The molecule has 30 heavy (non-hydrogen) atoms. The van der Waals surface area contributed by atoms with E-state index in [1.165, 1.54) is 0 Å². The van der Waals surface area contributed by atoms with Gasteiger partial charge in [0, 0.05) is 37.9 Å². The normalized spacial score (nSPS) is 14.1. The Kier molecular flexibility index (Phi) is 5.03. The zero-order valence-electron chi connectivity index (χ0n) is 16.3. The summed E-state index contributed by atoms with van der Waals surface area (Å²) < 4.78 is 5.80. The second-order valence-corrected chi connectivity index (χ2v) is 8.00. The quantitative estimate of drug-likeness (QED) is 0.492. The van der Waals surface area contributed by atoms with Gasteiger partial charge in [0.05, 0.1) is 0 Å². The fraction of sp³-hybridized carbons (Fsp3) is 0.174. The van der Waals surface area contributed by atoms with Crippen LogP contribution in [0.5, 0.6) is 11.5 Å². The van der Waals surface area contributed by atoms with Crippen LogP contribution in [0.3, 0.4) is 0 Å². The summed E-state index contributed by atoms with van der Waals surface area (Å²) in [7, 11) is 0. The molecule has 150 valence electrons. The van der Waals surface area contributed by atoms with E-state index in [-0.39, 0.29) is 5.91 Å². The van der Waals surface area contributed by atoms with E-state index in [0.717, 1.165) is 34.3 Å². The van der Waals surface area contributed by atoms with Crippen LogP contribution in [0.2, 0.25) is 0 Å². The molecule has 1 aliphatic heterocycles. The second-order valence-electron chi connectivity index (χ2n) is 7.04. The van der Waals surface area contributed by atoms with E-state index in [1.807, 2.05) is 71.6 Å². The molecule has 7 heteroatoms. The number of piperazine rings is 1. The first kappa shape index (κ1) is 18.6. The molecule has 1 fully saturated rings. The molecule has 1 aliphatic rings. The third-order valence-corrected chi connectivity index (χ3v) is 6.11. The Balaban J connectivity index is 1.21. The van der Waals surface area contributed by atoms with Gasteiger partial charge < -0.3 is 14.5 Å². The van der Waals surface area contributed by atoms with E-state index in [4.69, 9.17) is 4.74 Å². The van der Waals surface area contributed by atoms with Crippen molar-refractivity contribution in [1.82, 2.24) is 14.9 Å². The zero-order valence-corrected chi connectivity index (χ0v) is 17.1. The van der Waals surface area contributed by atoms with E-state index >= 15 is 0 Å². The van der Waals surface area contributed by atoms with Crippen molar-refractivity contribution in [3.05, 3.63) is 78.5 Å². The van der Waals surface area contributed by atoms with Gasteiger partial charge in [0.2, 0.25) is 0 Å². The Morgan fingerprint density at radius 1 is 0.867 bits per heavy atom. The van der Waals surface area contributed by atoms with Gasteiger partial charge in [-0.15, -0.1) is 0 Å². The van der Waals surface area contributed by atoms with Gasteiger partial charge in [0.15, 0.2) is 5.13 Å². The summed E-state index contributed by atoms with van der Waals surface area (Å²) in [5.41, 5.74) is 1.60. The highest BCUT2D eigenvalue weighted by atomic mass is 32.1. The van der Waals surface area contributed by atoms with Crippen LogP contribution in [-0.4, -0.2) is 47.0 Å². The number of rotatable bonds is 4. The van der Waals surface area contributed by atoms with Crippen LogP contribution in [-0.2, 0) is 0 Å². The minimum absolute atomic E-state index is 0.0480. The Labute approximate surface area is 178 Å². The van der Waals surface area contributed by atoms with Crippen molar-refractivity contribution in [3.63, 3.8) is 0 Å². The molecule has 1 saturated heterocycles. The first-order valence-electron chi connectivity index (χ1n) is 9.85. The SMILES string of the molecule is O=C(c1ccc(Oc2ccccc2)cc1)N1CCN(c2nc3cccnc3s2)CC1. The van der Waals surface area contributed by atoms with Crippen LogP contribution < -0.4 is 9.64 Å². The summed E-state index contributed by atoms with van der Waals surface area (Å²) in [6, 6.07) is 20.8. The highest BCUT2D eigenvalue weighted by molar-refractivity contribution is 7.21. The number of para-hydroxylation sites is 1. The Bertz CT molecular complexity index is 1120. The minimum atomic E-state index is 0.0480. The highest BCUT2D eigenvalue weighted by Crippen LogP contribution is 2.28. The van der Waals surface area contributed by atoms with Crippen molar-refractivity contribution in [2.75, 3.05) is 31.1 Å². The maximum absolute atomic E-state index is 12.9. The fourth-order valence-corrected chi connectivity index (χ4v) is 4.43. The largest absolute Gasteiger partial charge is 0.457 e. The number of fused-ring (bicyclic) bond motifs is 1. The topological polar surface area (TPSA) is 58.6 Å². The van der Waals surface area contributed by atoms with Crippen molar-refractivity contribution in [1.29, 1.82) is 0 Å². The number of ether oxygens (including phenoxy) is 1. The molecule has 0 saturated carbocycles. The zero-order chi connectivity index (χ0) is 20.3. The molecule has 6 nitrogen and oxygen atoms in total. The number of amides is 1. The van der Waals surface area contributed by atoms with Gasteiger partial charge in [-0.25, -0.2) is 9.97 Å². The van der Waals surface area contributed by atoms with E-state index in [1.54, 1.807) is 17.5 Å². The first-order valence-corrected chi connectivity index (χ1v) is 10.7. The van der Waals surface area contributed by atoms with E-state index < -0.39 is 0 Å². The Morgan fingerprint density at radius 2 is 1.60 bits per heavy atom. The molecule has 0 bridgehead atoms. The molecule has 5 rings (SSSR count). The van der Waals surface area contributed by atoms with Gasteiger partial charge in [0.25, 0.3) is 5.91 Å². The lowest BCUT2D eigenvalue weighted by atomic mass is 10.1. The maximum Gasteiger partial charge on any atom is 0.253 e. The number of pyridine rings is 1. The van der Waals surface area contributed by atoms with Gasteiger partial charge in [-0.2, -0.15) is 0 Å².